The number of aryl methyl sites for hydroxylation is 1. The van der Waals surface area contributed by atoms with Crippen LogP contribution in [0.5, 0.6) is 0 Å². The van der Waals surface area contributed by atoms with Crippen LogP contribution in [-0.4, -0.2) is 17.1 Å². The van der Waals surface area contributed by atoms with Crippen LogP contribution in [0.15, 0.2) is 36.4 Å². The second kappa shape index (κ2) is 7.24. The normalized spacial score (nSPS) is 10.4. The molecule has 0 spiro atoms. The molecule has 6 heteroatoms. The van der Waals surface area contributed by atoms with Crippen LogP contribution in [-0.2, 0) is 18.0 Å². The van der Waals surface area contributed by atoms with E-state index in [1.165, 1.54) is 7.11 Å². The maximum atomic E-state index is 11.4. The summed E-state index contributed by atoms with van der Waals surface area (Å²) in [7, 11) is 1.29. The number of aliphatic hydroxyl groups excluding tert-OH is 1. The molecular formula is C16H18ClN2O3+. The number of halogens is 1. The molecule has 0 aliphatic rings. The molecule has 0 atom stereocenters. The first-order valence-electron chi connectivity index (χ1n) is 6.78. The molecule has 2 rings (SSSR count). The van der Waals surface area contributed by atoms with Gasteiger partial charge in [0.1, 0.15) is 0 Å². The third-order valence-corrected chi connectivity index (χ3v) is 3.44. The minimum atomic E-state index is -0.178. The maximum absolute atomic E-state index is 11.4. The fourth-order valence-corrected chi connectivity index (χ4v) is 2.53. The molecule has 0 aliphatic carbocycles. The van der Waals surface area contributed by atoms with E-state index >= 15 is 0 Å². The van der Waals surface area contributed by atoms with Gasteiger partial charge in [-0.25, -0.2) is 4.84 Å². The third kappa shape index (κ3) is 3.96. The molecule has 0 fully saturated rings. The lowest BCUT2D eigenvalue weighted by Gasteiger charge is -2.11. The van der Waals surface area contributed by atoms with E-state index < -0.39 is 0 Å². The fraction of sp³-hybridized carbons (Fsp3) is 0.250. The van der Waals surface area contributed by atoms with Crippen LogP contribution in [0.4, 0.5) is 11.4 Å². The summed E-state index contributed by atoms with van der Waals surface area (Å²) >= 11 is 6.04. The van der Waals surface area contributed by atoms with Gasteiger partial charge in [-0.2, -0.15) is 0 Å². The van der Waals surface area contributed by atoms with Crippen LogP contribution in [0.25, 0.3) is 0 Å². The van der Waals surface area contributed by atoms with Gasteiger partial charge in [-0.3, -0.25) is 0 Å². The van der Waals surface area contributed by atoms with Crippen LogP contribution in [0.1, 0.15) is 16.7 Å². The van der Waals surface area contributed by atoms with Crippen molar-refractivity contribution in [2.45, 2.75) is 20.1 Å². The Morgan fingerprint density at radius 3 is 2.68 bits per heavy atom. The highest BCUT2D eigenvalue weighted by Gasteiger charge is 2.16. The van der Waals surface area contributed by atoms with Crippen LogP contribution in [0, 0.1) is 11.8 Å². The summed E-state index contributed by atoms with van der Waals surface area (Å²) in [5.74, 6) is 0. The number of anilines is 1. The summed E-state index contributed by atoms with van der Waals surface area (Å²) < 4.78 is 0. The van der Waals surface area contributed by atoms with Gasteiger partial charge >= 0.3 is 5.69 Å². The number of benzene rings is 2. The molecule has 0 unspecified atom stereocenters. The molecule has 0 bridgehead atoms. The fourth-order valence-electron chi connectivity index (χ4n) is 2.21. The monoisotopic (exact) mass is 321 g/mol. The Bertz CT molecular complexity index is 669. The Kier molecular flexibility index (Phi) is 5.35. The first kappa shape index (κ1) is 16.3. The van der Waals surface area contributed by atoms with E-state index in [0.29, 0.717) is 27.7 Å². The number of hydrogen-bond acceptors (Lipinski definition) is 4. The van der Waals surface area contributed by atoms with Gasteiger partial charge in [-0.1, -0.05) is 17.7 Å². The summed E-state index contributed by atoms with van der Waals surface area (Å²) in [6, 6.07) is 10.8. The molecule has 0 saturated heterocycles. The predicted octanol–water partition coefficient (Wildman–Crippen LogP) is 3.72. The molecule has 0 aromatic heterocycles. The Morgan fingerprint density at radius 1 is 1.27 bits per heavy atom. The zero-order chi connectivity index (χ0) is 16.1. The topological polar surface area (TPSA) is 61.6 Å². The zero-order valence-electron chi connectivity index (χ0n) is 12.5. The minimum absolute atomic E-state index is 0.178. The number of rotatable bonds is 6. The second-order valence-corrected chi connectivity index (χ2v) is 5.37. The van der Waals surface area contributed by atoms with Crippen molar-refractivity contribution < 1.29 is 14.9 Å². The van der Waals surface area contributed by atoms with Crippen molar-refractivity contribution in [2.24, 2.45) is 0 Å². The van der Waals surface area contributed by atoms with Crippen LogP contribution in [0.2, 0.25) is 5.02 Å². The summed E-state index contributed by atoms with van der Waals surface area (Å²) in [6.45, 7) is 2.37. The molecule has 0 aliphatic heterocycles. The van der Waals surface area contributed by atoms with Crippen molar-refractivity contribution in [3.05, 3.63) is 63.0 Å². The molecule has 2 aromatic carbocycles. The predicted molar refractivity (Wildman–Crippen MR) is 86.2 cm³/mol. The number of aliphatic hydroxyl groups is 1. The molecule has 0 saturated carbocycles. The van der Waals surface area contributed by atoms with Crippen molar-refractivity contribution in [1.29, 1.82) is 0 Å². The van der Waals surface area contributed by atoms with Crippen molar-refractivity contribution >= 4 is 23.0 Å². The number of nitrogens with zero attached hydrogens (tertiary/aromatic N) is 1. The van der Waals surface area contributed by atoms with Gasteiger partial charge < -0.3 is 10.4 Å². The quantitative estimate of drug-likeness (QED) is 0.796. The highest BCUT2D eigenvalue weighted by molar-refractivity contribution is 6.30. The highest BCUT2D eigenvalue weighted by atomic mass is 35.5. The molecule has 22 heavy (non-hydrogen) atoms. The second-order valence-electron chi connectivity index (χ2n) is 4.93. The van der Waals surface area contributed by atoms with Gasteiger partial charge in [0, 0.05) is 35.0 Å². The van der Waals surface area contributed by atoms with E-state index in [-0.39, 0.29) is 6.61 Å². The lowest BCUT2D eigenvalue weighted by molar-refractivity contribution is -0.736. The van der Waals surface area contributed by atoms with Crippen molar-refractivity contribution in [3.8, 4) is 0 Å². The first-order valence-corrected chi connectivity index (χ1v) is 7.16. The molecule has 5 nitrogen and oxygen atoms in total. The summed E-state index contributed by atoms with van der Waals surface area (Å²) in [4.78, 5) is 16.4. The van der Waals surface area contributed by atoms with Crippen LogP contribution in [0.3, 0.4) is 0 Å². The van der Waals surface area contributed by atoms with E-state index in [4.69, 9.17) is 11.6 Å². The average molecular weight is 322 g/mol. The maximum Gasteiger partial charge on any atom is 0.317 e. The van der Waals surface area contributed by atoms with Gasteiger partial charge in [-0.05, 0) is 36.2 Å². The molecule has 2 N–H and O–H groups in total. The largest absolute Gasteiger partial charge is 0.392 e. The van der Waals surface area contributed by atoms with E-state index in [9.17, 15) is 10.0 Å². The smallest absolute Gasteiger partial charge is 0.317 e. The number of hydrogen-bond donors (Lipinski definition) is 2. The lowest BCUT2D eigenvalue weighted by Crippen LogP contribution is -2.05. The first-order chi connectivity index (χ1) is 10.5. The summed E-state index contributed by atoms with van der Waals surface area (Å²) in [6.07, 6.45) is 0. The molecule has 2 aromatic rings. The van der Waals surface area contributed by atoms with Gasteiger partial charge in [0.25, 0.3) is 4.92 Å². The van der Waals surface area contributed by atoms with Crippen molar-refractivity contribution in [3.63, 3.8) is 0 Å². The van der Waals surface area contributed by atoms with E-state index in [0.717, 1.165) is 16.8 Å². The van der Waals surface area contributed by atoms with E-state index in [1.807, 2.05) is 25.1 Å². The zero-order valence-corrected chi connectivity index (χ0v) is 13.2. The van der Waals surface area contributed by atoms with Gasteiger partial charge in [0.15, 0.2) is 7.11 Å². The van der Waals surface area contributed by atoms with Crippen LogP contribution >= 0.6 is 11.6 Å². The molecular weight excluding hydrogens is 304 g/mol. The number of nitrogens with one attached hydrogen (secondary N) is 1. The van der Waals surface area contributed by atoms with Crippen molar-refractivity contribution in [2.75, 3.05) is 12.4 Å². The highest BCUT2D eigenvalue weighted by Crippen LogP contribution is 2.23. The van der Waals surface area contributed by atoms with Gasteiger partial charge in [0.2, 0.25) is 0 Å². The van der Waals surface area contributed by atoms with Gasteiger partial charge in [0.05, 0.1) is 11.5 Å². The van der Waals surface area contributed by atoms with E-state index in [2.05, 4.69) is 10.2 Å². The van der Waals surface area contributed by atoms with Crippen molar-refractivity contribution in [1.82, 2.24) is 0 Å². The Hall–Kier alpha value is -2.11. The van der Waals surface area contributed by atoms with E-state index in [1.54, 1.807) is 18.2 Å². The molecule has 0 amide bonds. The summed E-state index contributed by atoms with van der Waals surface area (Å²) in [5.41, 5.74) is 3.84. The minimum Gasteiger partial charge on any atom is -0.392 e. The van der Waals surface area contributed by atoms with Gasteiger partial charge in [-0.15, -0.1) is 0 Å². The molecule has 0 heterocycles. The Morgan fingerprint density at radius 2 is 2.05 bits per heavy atom. The molecule has 116 valence electrons. The standard InChI is InChI=1S/C16H18ClN2O3/c1-11-5-12(7-14(17)6-11)9-18-16-4-3-15(19(21)22-2)8-13(16)10-20/h3-8,18,20H,9-10H2,1-2H3/q+1. The Labute approximate surface area is 134 Å². The average Bonchev–Trinajstić information content (AvgIpc) is 2.51. The van der Waals surface area contributed by atoms with Crippen LogP contribution < -0.4 is 5.32 Å². The lowest BCUT2D eigenvalue weighted by atomic mass is 10.1. The summed E-state index contributed by atoms with van der Waals surface area (Å²) in [5, 5.41) is 13.4. The Balaban J connectivity index is 2.17. The third-order valence-electron chi connectivity index (χ3n) is 3.22. The SMILES string of the molecule is CO[N+](=O)c1ccc(NCc2cc(C)cc(Cl)c2)c(CO)c1. The molecule has 0 radical (unpaired) electrons.